The molecule has 204 valence electrons. The summed E-state index contributed by atoms with van der Waals surface area (Å²) in [7, 11) is 4.37. The summed E-state index contributed by atoms with van der Waals surface area (Å²) < 4.78 is 0. The minimum Gasteiger partial charge on any atom is -0.365 e. The molecule has 3 aliphatic rings. The van der Waals surface area contributed by atoms with E-state index in [1.165, 1.54) is 30.6 Å². The van der Waals surface area contributed by atoms with Gasteiger partial charge in [0.05, 0.1) is 29.8 Å². The van der Waals surface area contributed by atoms with E-state index in [1.54, 1.807) is 0 Å². The van der Waals surface area contributed by atoms with Crippen LogP contribution in [-0.2, 0) is 19.4 Å². The number of piperazine rings is 1. The van der Waals surface area contributed by atoms with Crippen molar-refractivity contribution in [1.29, 1.82) is 5.26 Å². The van der Waals surface area contributed by atoms with Gasteiger partial charge < -0.3 is 14.7 Å². The van der Waals surface area contributed by atoms with Gasteiger partial charge in [-0.25, -0.2) is 9.97 Å². The van der Waals surface area contributed by atoms with Gasteiger partial charge in [0.15, 0.2) is 0 Å². The molecule has 2 atom stereocenters. The quantitative estimate of drug-likeness (QED) is 0.438. The summed E-state index contributed by atoms with van der Waals surface area (Å²) in [5.41, 5.74) is 3.59. The number of anilines is 2. The maximum absolute atomic E-state index is 9.42. The van der Waals surface area contributed by atoms with Crippen molar-refractivity contribution in [2.75, 3.05) is 56.6 Å². The predicted octanol–water partition coefficient (Wildman–Crippen LogP) is 4.91. The fourth-order valence-corrected chi connectivity index (χ4v) is 6.96. The lowest BCUT2D eigenvalue weighted by molar-refractivity contribution is 0.220. The summed E-state index contributed by atoms with van der Waals surface area (Å²) in [6.07, 6.45) is 5.96. The smallest absolute Gasteiger partial charge is 0.136 e. The minimum absolute atomic E-state index is 0.225. The van der Waals surface area contributed by atoms with Crippen molar-refractivity contribution < 1.29 is 0 Å². The SMILES string of the molecule is CN1CCCC1CCc1nc2c(c(N3CCN(C)C(CC#N)C3)n1)CCN(c1cccc3cccc(Cl)c13)C2. The van der Waals surface area contributed by atoms with Gasteiger partial charge in [0, 0.05) is 61.3 Å². The maximum Gasteiger partial charge on any atom is 0.136 e. The second kappa shape index (κ2) is 11.3. The Balaban J connectivity index is 1.34. The highest BCUT2D eigenvalue weighted by Crippen LogP contribution is 2.37. The zero-order chi connectivity index (χ0) is 26.9. The van der Waals surface area contributed by atoms with E-state index >= 15 is 0 Å². The molecule has 1 aromatic heterocycles. The Bertz CT molecular complexity index is 1380. The van der Waals surface area contributed by atoms with Crippen LogP contribution in [0.3, 0.4) is 0 Å². The predicted molar refractivity (Wildman–Crippen MR) is 159 cm³/mol. The molecule has 0 bridgehead atoms. The topological polar surface area (TPSA) is 62.5 Å². The summed E-state index contributed by atoms with van der Waals surface area (Å²) >= 11 is 6.71. The highest BCUT2D eigenvalue weighted by molar-refractivity contribution is 6.36. The monoisotopic (exact) mass is 543 g/mol. The molecular weight excluding hydrogens is 506 g/mol. The molecule has 2 fully saturated rings. The number of likely N-dealkylation sites (N-methyl/N-ethyl adjacent to an activating group) is 1. The lowest BCUT2D eigenvalue weighted by Crippen LogP contribution is -2.52. The minimum atomic E-state index is 0.225. The summed E-state index contributed by atoms with van der Waals surface area (Å²) in [6.45, 7) is 5.53. The molecule has 2 aromatic carbocycles. The number of aromatic nitrogens is 2. The van der Waals surface area contributed by atoms with Gasteiger partial charge in [0.25, 0.3) is 0 Å². The maximum atomic E-state index is 9.42. The third-order valence-corrected chi connectivity index (χ3v) is 9.35. The Morgan fingerprint density at radius 2 is 1.79 bits per heavy atom. The zero-order valence-corrected chi connectivity index (χ0v) is 23.9. The summed E-state index contributed by atoms with van der Waals surface area (Å²) in [4.78, 5) is 20.1. The van der Waals surface area contributed by atoms with E-state index in [-0.39, 0.29) is 6.04 Å². The Hall–Kier alpha value is -2.92. The van der Waals surface area contributed by atoms with Crippen molar-refractivity contribution in [3.05, 3.63) is 58.5 Å². The first kappa shape index (κ1) is 26.3. The summed E-state index contributed by atoms with van der Waals surface area (Å²) in [6, 6.07) is 15.8. The Labute approximate surface area is 237 Å². The molecule has 0 radical (unpaired) electrons. The average molecular weight is 544 g/mol. The third-order valence-electron chi connectivity index (χ3n) is 9.04. The van der Waals surface area contributed by atoms with Gasteiger partial charge in [-0.15, -0.1) is 0 Å². The van der Waals surface area contributed by atoms with Crippen LogP contribution in [0.4, 0.5) is 11.5 Å². The van der Waals surface area contributed by atoms with E-state index in [0.29, 0.717) is 12.5 Å². The second-order valence-electron chi connectivity index (χ2n) is 11.4. The van der Waals surface area contributed by atoms with Crippen molar-refractivity contribution in [3.63, 3.8) is 0 Å². The number of hydrogen-bond acceptors (Lipinski definition) is 7. The highest BCUT2D eigenvalue weighted by atomic mass is 35.5. The Morgan fingerprint density at radius 3 is 2.59 bits per heavy atom. The van der Waals surface area contributed by atoms with Crippen LogP contribution in [-0.4, -0.2) is 78.7 Å². The normalized spacial score (nSPS) is 22.3. The van der Waals surface area contributed by atoms with E-state index in [4.69, 9.17) is 21.6 Å². The molecule has 0 amide bonds. The number of fused-ring (bicyclic) bond motifs is 2. The van der Waals surface area contributed by atoms with Gasteiger partial charge in [-0.1, -0.05) is 35.9 Å². The zero-order valence-electron chi connectivity index (χ0n) is 23.1. The second-order valence-corrected chi connectivity index (χ2v) is 11.8. The summed E-state index contributed by atoms with van der Waals surface area (Å²) in [5, 5.41) is 12.5. The van der Waals surface area contributed by atoms with Crippen LogP contribution in [0.25, 0.3) is 10.8 Å². The number of nitrogens with zero attached hydrogens (tertiary/aromatic N) is 7. The molecule has 6 rings (SSSR count). The molecule has 0 saturated carbocycles. The number of hydrogen-bond donors (Lipinski definition) is 0. The molecule has 3 aliphatic heterocycles. The molecule has 2 unspecified atom stereocenters. The molecule has 2 saturated heterocycles. The summed E-state index contributed by atoms with van der Waals surface area (Å²) in [5.74, 6) is 2.05. The van der Waals surface area contributed by atoms with E-state index < -0.39 is 0 Å². The first-order valence-electron chi connectivity index (χ1n) is 14.3. The molecule has 0 N–H and O–H groups in total. The fraction of sp³-hybridized carbons (Fsp3) is 0.516. The van der Waals surface area contributed by atoms with Crippen molar-refractivity contribution in [1.82, 2.24) is 19.8 Å². The average Bonchev–Trinajstić information content (AvgIpc) is 3.36. The van der Waals surface area contributed by atoms with Gasteiger partial charge in [-0.2, -0.15) is 5.26 Å². The molecule has 8 heteroatoms. The van der Waals surface area contributed by atoms with Gasteiger partial charge in [-0.3, -0.25) is 4.90 Å². The highest BCUT2D eigenvalue weighted by Gasteiger charge is 2.31. The van der Waals surface area contributed by atoms with E-state index in [9.17, 15) is 5.26 Å². The standard InChI is InChI=1S/C31H38ClN7/c1-36-16-5-8-23(36)11-12-29-34-27-21-38(28-10-4-7-22-6-3-9-26(32)30(22)28)17-14-25(27)31(35-29)39-19-18-37(2)24(20-39)13-15-33/h3-4,6-7,9-10,23-24H,5,8,11-14,16-21H2,1-2H3. The van der Waals surface area contributed by atoms with E-state index in [2.05, 4.69) is 64.0 Å². The fourth-order valence-electron chi connectivity index (χ4n) is 6.68. The number of likely N-dealkylation sites (tertiary alicyclic amines) is 1. The lowest BCUT2D eigenvalue weighted by atomic mass is 10.0. The Kier molecular flexibility index (Phi) is 7.61. The van der Waals surface area contributed by atoms with Gasteiger partial charge >= 0.3 is 0 Å². The number of benzene rings is 2. The van der Waals surface area contributed by atoms with Crippen LogP contribution >= 0.6 is 11.6 Å². The van der Waals surface area contributed by atoms with Crippen molar-refractivity contribution in [2.45, 2.75) is 57.2 Å². The van der Waals surface area contributed by atoms with Crippen LogP contribution in [0, 0.1) is 11.3 Å². The third kappa shape index (κ3) is 5.30. The molecule has 39 heavy (non-hydrogen) atoms. The van der Waals surface area contributed by atoms with Gasteiger partial charge in [-0.05, 0) is 63.8 Å². The lowest BCUT2D eigenvalue weighted by Gasteiger charge is -2.41. The molecule has 3 aromatic rings. The Morgan fingerprint density at radius 1 is 0.974 bits per heavy atom. The molecule has 0 aliphatic carbocycles. The van der Waals surface area contributed by atoms with Crippen LogP contribution in [0.1, 0.15) is 42.8 Å². The first-order valence-corrected chi connectivity index (χ1v) is 14.7. The van der Waals surface area contributed by atoms with Crippen molar-refractivity contribution >= 4 is 33.9 Å². The van der Waals surface area contributed by atoms with E-state index in [1.807, 2.05) is 12.1 Å². The van der Waals surface area contributed by atoms with Gasteiger partial charge in [0.2, 0.25) is 0 Å². The van der Waals surface area contributed by atoms with Gasteiger partial charge in [0.1, 0.15) is 11.6 Å². The molecule has 4 heterocycles. The largest absolute Gasteiger partial charge is 0.365 e. The van der Waals surface area contributed by atoms with Crippen LogP contribution in [0.2, 0.25) is 5.02 Å². The van der Waals surface area contributed by atoms with Crippen LogP contribution < -0.4 is 9.80 Å². The number of halogens is 1. The van der Waals surface area contributed by atoms with E-state index in [0.717, 1.165) is 85.1 Å². The number of nitriles is 1. The van der Waals surface area contributed by atoms with Crippen molar-refractivity contribution in [2.24, 2.45) is 0 Å². The number of aryl methyl sites for hydroxylation is 1. The molecule has 7 nitrogen and oxygen atoms in total. The van der Waals surface area contributed by atoms with Crippen LogP contribution in [0.15, 0.2) is 36.4 Å². The van der Waals surface area contributed by atoms with Crippen molar-refractivity contribution in [3.8, 4) is 6.07 Å². The molecular formula is C31H38ClN7. The molecule has 0 spiro atoms. The first-order chi connectivity index (χ1) is 19.0. The number of rotatable bonds is 6. The van der Waals surface area contributed by atoms with Crippen LogP contribution in [0.5, 0.6) is 0 Å².